The van der Waals surface area contributed by atoms with Crippen molar-refractivity contribution in [2.75, 3.05) is 48.5 Å². The smallest absolute Gasteiger partial charge is 0.0646 e. The Hall–Kier alpha value is -2.74. The van der Waals surface area contributed by atoms with Crippen LogP contribution >= 0.6 is 21.0 Å². The van der Waals surface area contributed by atoms with Crippen LogP contribution in [0.2, 0.25) is 0 Å². The molecule has 4 aliphatic rings. The highest BCUT2D eigenvalue weighted by Crippen LogP contribution is 2.57. The van der Waals surface area contributed by atoms with Crippen molar-refractivity contribution in [2.45, 2.75) is 75.0 Å². The fourth-order valence-corrected chi connectivity index (χ4v) is 12.2. The molecular formula is C41H49IN2O2. The molecule has 0 bridgehead atoms. The Morgan fingerprint density at radius 3 is 2.17 bits per heavy atom. The van der Waals surface area contributed by atoms with Crippen molar-refractivity contribution in [3.05, 3.63) is 108 Å². The van der Waals surface area contributed by atoms with Gasteiger partial charge in [-0.15, -0.1) is 0 Å². The summed E-state index contributed by atoms with van der Waals surface area (Å²) in [5, 5.41) is 2.77. The summed E-state index contributed by atoms with van der Waals surface area (Å²) in [5.41, 5.74) is 7.66. The molecule has 2 aliphatic carbocycles. The van der Waals surface area contributed by atoms with Crippen molar-refractivity contribution in [3.8, 4) is 0 Å². The molecular weight excluding hydrogens is 679 g/mol. The van der Waals surface area contributed by atoms with Gasteiger partial charge in [0.2, 0.25) is 0 Å². The van der Waals surface area contributed by atoms with Crippen molar-refractivity contribution in [1.29, 1.82) is 0 Å². The van der Waals surface area contributed by atoms with E-state index in [4.69, 9.17) is 9.47 Å². The molecule has 3 aromatic carbocycles. The molecule has 5 heteroatoms. The first kappa shape index (κ1) is 31.8. The Labute approximate surface area is 286 Å². The Balaban J connectivity index is 1.24. The van der Waals surface area contributed by atoms with Gasteiger partial charge >= 0.3 is 0 Å². The van der Waals surface area contributed by atoms with Crippen LogP contribution in [0.4, 0.5) is 11.4 Å². The Kier molecular flexibility index (Phi) is 9.81. The molecule has 242 valence electrons. The summed E-state index contributed by atoms with van der Waals surface area (Å²) >= 11 is -0.293. The highest BCUT2D eigenvalue weighted by atomic mass is 127. The number of hydrogen-bond donors (Lipinski definition) is 0. The first-order chi connectivity index (χ1) is 22.7. The van der Waals surface area contributed by atoms with E-state index >= 15 is 0 Å². The normalized spacial score (nSPS) is 21.3. The number of anilines is 2. The maximum Gasteiger partial charge on any atom is 0.0646 e. The number of fused-ring (bicyclic) bond motifs is 6. The van der Waals surface area contributed by atoms with Crippen molar-refractivity contribution in [2.24, 2.45) is 0 Å². The number of rotatable bonds is 9. The second kappa shape index (κ2) is 14.2. The zero-order valence-corrected chi connectivity index (χ0v) is 29.8. The van der Waals surface area contributed by atoms with E-state index in [0.717, 1.165) is 19.7 Å². The van der Waals surface area contributed by atoms with Crippen LogP contribution in [0.15, 0.2) is 96.7 Å². The molecule has 2 spiro atoms. The van der Waals surface area contributed by atoms with Gasteiger partial charge in [-0.05, 0) is 65.8 Å². The minimum absolute atomic E-state index is 0.0670. The number of hydrogen-bond acceptors (Lipinski definition) is 4. The van der Waals surface area contributed by atoms with Crippen molar-refractivity contribution in [3.63, 3.8) is 0 Å². The lowest BCUT2D eigenvalue weighted by Gasteiger charge is -2.44. The number of nitrogens with zero attached hydrogens (tertiary/aromatic N) is 2. The van der Waals surface area contributed by atoms with Crippen LogP contribution < -0.4 is 8.01 Å². The highest BCUT2D eigenvalue weighted by molar-refractivity contribution is 14.2. The van der Waals surface area contributed by atoms with Gasteiger partial charge in [0.25, 0.3) is 0 Å². The Bertz CT molecular complexity index is 1660. The lowest BCUT2D eigenvalue weighted by molar-refractivity contribution is 0.206. The van der Waals surface area contributed by atoms with Crippen molar-refractivity contribution in [1.82, 2.24) is 0 Å². The summed E-state index contributed by atoms with van der Waals surface area (Å²) in [6.07, 6.45) is 24.8. The summed E-state index contributed by atoms with van der Waals surface area (Å²) < 4.78 is 15.5. The molecule has 0 N–H and O–H groups in total. The molecule has 2 saturated carbocycles. The quantitative estimate of drug-likeness (QED) is 0.125. The van der Waals surface area contributed by atoms with Gasteiger partial charge in [-0.2, -0.15) is 0 Å². The molecule has 2 fully saturated rings. The lowest BCUT2D eigenvalue weighted by atomic mass is 9.67. The SMILES string of the molecule is COCCN1I=C(/C=C/C=C/C=C2/N(CCOC)c3ccc4ccccc4c3C23CCCCC3)C2(CCCCC2)c2ccccc21. The lowest BCUT2D eigenvalue weighted by Crippen LogP contribution is -2.41. The third kappa shape index (κ3) is 5.71. The van der Waals surface area contributed by atoms with E-state index in [-0.39, 0.29) is 31.8 Å². The molecule has 0 atom stereocenters. The molecule has 4 nitrogen and oxygen atoms in total. The zero-order chi connectivity index (χ0) is 31.4. The van der Waals surface area contributed by atoms with Crippen LogP contribution in [-0.2, 0) is 20.3 Å². The third-order valence-corrected chi connectivity index (χ3v) is 14.4. The van der Waals surface area contributed by atoms with E-state index in [9.17, 15) is 0 Å². The van der Waals surface area contributed by atoms with Crippen LogP contribution in [0.1, 0.15) is 75.3 Å². The molecule has 2 heterocycles. The maximum absolute atomic E-state index is 5.64. The summed E-state index contributed by atoms with van der Waals surface area (Å²) in [6.45, 7) is 3.32. The third-order valence-electron chi connectivity index (χ3n) is 10.9. The van der Waals surface area contributed by atoms with Crippen LogP contribution in [0.5, 0.6) is 0 Å². The number of methoxy groups -OCH3 is 2. The van der Waals surface area contributed by atoms with Gasteiger partial charge < -0.3 is 17.5 Å². The number of ether oxygens (including phenoxy) is 2. The molecule has 3 aromatic rings. The predicted molar refractivity (Wildman–Crippen MR) is 204 cm³/mol. The Morgan fingerprint density at radius 2 is 1.39 bits per heavy atom. The molecule has 0 radical (unpaired) electrons. The molecule has 0 aromatic heterocycles. The molecule has 7 rings (SSSR count). The molecule has 0 saturated heterocycles. The van der Waals surface area contributed by atoms with E-state index < -0.39 is 0 Å². The van der Waals surface area contributed by atoms with E-state index in [1.165, 1.54) is 92.1 Å². The minimum Gasteiger partial charge on any atom is -0.383 e. The fraction of sp³-hybridized carbons (Fsp3) is 0.439. The van der Waals surface area contributed by atoms with Gasteiger partial charge in [-0.3, -0.25) is 0 Å². The first-order valence-electron chi connectivity index (χ1n) is 17.4. The van der Waals surface area contributed by atoms with Gasteiger partial charge in [-0.25, -0.2) is 0 Å². The standard InChI is InChI=1S/C41H49IN2O2/c1-45-30-28-43-36-23-22-32-16-8-9-17-33(32)39(36)41(26-14-5-15-27-41)38(43)21-7-3-6-20-37-40(24-12-4-13-25-40)34-18-10-11-19-35(34)44(42-37)29-31-46-2/h3,6-11,16-23H,4-5,12-15,24-31H2,1-2H3/b7-3+,20-6+,38-21+. The van der Waals surface area contributed by atoms with Gasteiger partial charge in [0.15, 0.2) is 0 Å². The van der Waals surface area contributed by atoms with E-state index in [0.29, 0.717) is 6.61 Å². The number of para-hydroxylation sites is 1. The highest BCUT2D eigenvalue weighted by Gasteiger charge is 2.48. The number of benzene rings is 3. The van der Waals surface area contributed by atoms with E-state index in [1.807, 2.05) is 14.2 Å². The van der Waals surface area contributed by atoms with Gasteiger partial charge in [0.05, 0.1) is 19.8 Å². The largest absolute Gasteiger partial charge is 0.383 e. The topological polar surface area (TPSA) is 24.9 Å². The molecule has 0 unspecified atom stereocenters. The summed E-state index contributed by atoms with van der Waals surface area (Å²) in [4.78, 5) is 2.58. The average molecular weight is 729 g/mol. The second-order valence-electron chi connectivity index (χ2n) is 13.4. The maximum atomic E-state index is 5.64. The van der Waals surface area contributed by atoms with E-state index in [2.05, 4.69) is 99.1 Å². The van der Waals surface area contributed by atoms with Crippen LogP contribution in [0, 0.1) is 0 Å². The average Bonchev–Trinajstić information content (AvgIpc) is 3.36. The molecule has 46 heavy (non-hydrogen) atoms. The van der Waals surface area contributed by atoms with Crippen LogP contribution in [0.25, 0.3) is 10.8 Å². The van der Waals surface area contributed by atoms with Crippen molar-refractivity contribution >= 4 is 46.7 Å². The van der Waals surface area contributed by atoms with E-state index in [1.54, 1.807) is 14.6 Å². The minimum atomic E-state index is -0.293. The molecule has 0 amide bonds. The van der Waals surface area contributed by atoms with Crippen LogP contribution in [-0.4, -0.2) is 44.0 Å². The van der Waals surface area contributed by atoms with Gasteiger partial charge in [-0.1, -0.05) is 111 Å². The number of allylic oxidation sites excluding steroid dienone is 6. The summed E-state index contributed by atoms with van der Waals surface area (Å²) in [6, 6.07) is 22.9. The first-order valence-corrected chi connectivity index (χ1v) is 19.5. The zero-order valence-electron chi connectivity index (χ0n) is 27.6. The monoisotopic (exact) mass is 728 g/mol. The van der Waals surface area contributed by atoms with Crippen molar-refractivity contribution < 1.29 is 9.47 Å². The second-order valence-corrected chi connectivity index (χ2v) is 16.2. The van der Waals surface area contributed by atoms with Gasteiger partial charge in [0, 0.05) is 73.2 Å². The summed E-state index contributed by atoms with van der Waals surface area (Å²) in [7, 11) is 3.64. The fourth-order valence-electron chi connectivity index (χ4n) is 8.83. The number of halogens is 1. The predicted octanol–water partition coefficient (Wildman–Crippen LogP) is 9.93. The Morgan fingerprint density at radius 1 is 0.696 bits per heavy atom. The molecule has 2 aliphatic heterocycles. The van der Waals surface area contributed by atoms with Gasteiger partial charge in [0.1, 0.15) is 0 Å². The van der Waals surface area contributed by atoms with Crippen LogP contribution in [0.3, 0.4) is 0 Å². The summed E-state index contributed by atoms with van der Waals surface area (Å²) in [5.74, 6) is 0.